The maximum absolute atomic E-state index is 11.2. The van der Waals surface area contributed by atoms with Crippen molar-refractivity contribution in [3.05, 3.63) is 24.3 Å². The fourth-order valence-corrected chi connectivity index (χ4v) is 1.85. The SMILES string of the molecule is CCS(=O)(=O)CCNc1ccccc1N. The van der Waals surface area contributed by atoms with E-state index in [4.69, 9.17) is 5.73 Å². The molecule has 1 aromatic carbocycles. The summed E-state index contributed by atoms with van der Waals surface area (Å²) in [5.74, 6) is 0.316. The van der Waals surface area contributed by atoms with Crippen molar-refractivity contribution in [1.82, 2.24) is 0 Å². The minimum Gasteiger partial charge on any atom is -0.397 e. The second-order valence-electron chi connectivity index (χ2n) is 3.25. The molecule has 0 aliphatic rings. The topological polar surface area (TPSA) is 72.2 Å². The highest BCUT2D eigenvalue weighted by atomic mass is 32.2. The zero-order valence-corrected chi connectivity index (χ0v) is 9.55. The van der Waals surface area contributed by atoms with Crippen LogP contribution >= 0.6 is 0 Å². The lowest BCUT2D eigenvalue weighted by atomic mass is 10.3. The van der Waals surface area contributed by atoms with E-state index in [2.05, 4.69) is 5.32 Å². The number of nitrogens with one attached hydrogen (secondary N) is 1. The van der Waals surface area contributed by atoms with Crippen molar-refractivity contribution < 1.29 is 8.42 Å². The summed E-state index contributed by atoms with van der Waals surface area (Å²) in [5.41, 5.74) is 7.10. The average molecular weight is 228 g/mol. The van der Waals surface area contributed by atoms with Gasteiger partial charge in [0.2, 0.25) is 0 Å². The van der Waals surface area contributed by atoms with E-state index in [0.717, 1.165) is 5.69 Å². The van der Waals surface area contributed by atoms with Gasteiger partial charge in [0.15, 0.2) is 9.84 Å². The second-order valence-corrected chi connectivity index (χ2v) is 5.72. The van der Waals surface area contributed by atoms with Gasteiger partial charge in [-0.2, -0.15) is 0 Å². The van der Waals surface area contributed by atoms with E-state index in [0.29, 0.717) is 12.2 Å². The van der Waals surface area contributed by atoms with Gasteiger partial charge in [0.05, 0.1) is 17.1 Å². The first-order valence-electron chi connectivity index (χ1n) is 4.84. The summed E-state index contributed by atoms with van der Waals surface area (Å²) in [6.07, 6.45) is 0. The molecule has 4 nitrogen and oxygen atoms in total. The van der Waals surface area contributed by atoms with Crippen LogP contribution in [0.3, 0.4) is 0 Å². The van der Waals surface area contributed by atoms with E-state index in [1.165, 1.54) is 0 Å². The number of nitrogens with two attached hydrogens (primary N) is 1. The molecule has 0 saturated carbocycles. The summed E-state index contributed by atoms with van der Waals surface area (Å²) >= 11 is 0. The van der Waals surface area contributed by atoms with Crippen molar-refractivity contribution in [3.8, 4) is 0 Å². The molecule has 0 atom stereocenters. The van der Waals surface area contributed by atoms with Gasteiger partial charge in [0.25, 0.3) is 0 Å². The molecule has 1 aromatic rings. The molecule has 0 aromatic heterocycles. The Morgan fingerprint density at radius 1 is 1.33 bits per heavy atom. The van der Waals surface area contributed by atoms with Crippen LogP contribution in [0.1, 0.15) is 6.92 Å². The molecule has 5 heteroatoms. The Labute approximate surface area is 90.4 Å². The Balaban J connectivity index is 2.49. The minimum atomic E-state index is -2.91. The van der Waals surface area contributed by atoms with Crippen molar-refractivity contribution in [3.63, 3.8) is 0 Å². The molecule has 0 aliphatic carbocycles. The third kappa shape index (κ3) is 3.79. The van der Waals surface area contributed by atoms with E-state index in [-0.39, 0.29) is 11.5 Å². The number of hydrogen-bond acceptors (Lipinski definition) is 4. The number of para-hydroxylation sites is 2. The molecule has 0 radical (unpaired) electrons. The van der Waals surface area contributed by atoms with E-state index in [1.54, 1.807) is 13.0 Å². The Morgan fingerprint density at radius 3 is 2.60 bits per heavy atom. The highest BCUT2D eigenvalue weighted by molar-refractivity contribution is 7.91. The summed E-state index contributed by atoms with van der Waals surface area (Å²) < 4.78 is 22.4. The average Bonchev–Trinajstić information content (AvgIpc) is 2.21. The fourth-order valence-electron chi connectivity index (χ4n) is 1.14. The first-order chi connectivity index (χ1) is 7.05. The van der Waals surface area contributed by atoms with Gasteiger partial charge >= 0.3 is 0 Å². The van der Waals surface area contributed by atoms with E-state index in [9.17, 15) is 8.42 Å². The predicted octanol–water partition coefficient (Wildman–Crippen LogP) is 1.12. The van der Waals surface area contributed by atoms with Crippen LogP contribution < -0.4 is 11.1 Å². The zero-order valence-electron chi connectivity index (χ0n) is 8.73. The van der Waals surface area contributed by atoms with Crippen molar-refractivity contribution >= 4 is 21.2 Å². The molecule has 0 aliphatic heterocycles. The van der Waals surface area contributed by atoms with Crippen LogP contribution in [0.25, 0.3) is 0 Å². The van der Waals surface area contributed by atoms with Gasteiger partial charge in [-0.3, -0.25) is 0 Å². The van der Waals surface area contributed by atoms with Gasteiger partial charge in [-0.05, 0) is 12.1 Å². The Kier molecular flexibility index (Phi) is 3.96. The molecule has 84 valence electrons. The number of sulfone groups is 1. The maximum Gasteiger partial charge on any atom is 0.151 e. The molecule has 1 rings (SSSR count). The van der Waals surface area contributed by atoms with E-state index in [1.807, 2.05) is 18.2 Å². The van der Waals surface area contributed by atoms with Crippen molar-refractivity contribution in [2.75, 3.05) is 29.1 Å². The highest BCUT2D eigenvalue weighted by Crippen LogP contribution is 2.15. The van der Waals surface area contributed by atoms with Crippen LogP contribution in [-0.2, 0) is 9.84 Å². The van der Waals surface area contributed by atoms with Gasteiger partial charge in [-0.1, -0.05) is 19.1 Å². The lowest BCUT2D eigenvalue weighted by Gasteiger charge is -2.08. The maximum atomic E-state index is 11.2. The van der Waals surface area contributed by atoms with Gasteiger partial charge in [0.1, 0.15) is 0 Å². The molecule has 0 heterocycles. The number of anilines is 2. The van der Waals surface area contributed by atoms with Crippen molar-refractivity contribution in [2.45, 2.75) is 6.92 Å². The summed E-state index contributed by atoms with van der Waals surface area (Å²) in [6, 6.07) is 7.29. The third-order valence-corrected chi connectivity index (χ3v) is 3.83. The molecule has 0 unspecified atom stereocenters. The van der Waals surface area contributed by atoms with E-state index >= 15 is 0 Å². The van der Waals surface area contributed by atoms with Crippen molar-refractivity contribution in [1.29, 1.82) is 0 Å². The van der Waals surface area contributed by atoms with Crippen LogP contribution in [0.4, 0.5) is 11.4 Å². The number of nitrogen functional groups attached to an aromatic ring is 1. The summed E-state index contributed by atoms with van der Waals surface area (Å²) in [5, 5.41) is 3.00. The predicted molar refractivity (Wildman–Crippen MR) is 63.7 cm³/mol. The lowest BCUT2D eigenvalue weighted by Crippen LogP contribution is -2.17. The summed E-state index contributed by atoms with van der Waals surface area (Å²) in [6.45, 7) is 2.04. The molecule has 0 bridgehead atoms. The molecule has 15 heavy (non-hydrogen) atoms. The number of rotatable bonds is 5. The van der Waals surface area contributed by atoms with E-state index < -0.39 is 9.84 Å². The Hall–Kier alpha value is -1.23. The summed E-state index contributed by atoms with van der Waals surface area (Å²) in [7, 11) is -2.91. The van der Waals surface area contributed by atoms with Gasteiger partial charge in [0, 0.05) is 12.3 Å². The lowest BCUT2D eigenvalue weighted by molar-refractivity contribution is 0.597. The number of hydrogen-bond donors (Lipinski definition) is 2. The molecule has 0 fully saturated rings. The summed E-state index contributed by atoms with van der Waals surface area (Å²) in [4.78, 5) is 0. The third-order valence-electron chi connectivity index (χ3n) is 2.13. The van der Waals surface area contributed by atoms with Crippen molar-refractivity contribution in [2.24, 2.45) is 0 Å². The van der Waals surface area contributed by atoms with Gasteiger partial charge in [-0.25, -0.2) is 8.42 Å². The molecular weight excluding hydrogens is 212 g/mol. The Bertz CT molecular complexity index is 415. The number of benzene rings is 1. The van der Waals surface area contributed by atoms with Crippen LogP contribution in [-0.4, -0.2) is 26.5 Å². The normalized spacial score (nSPS) is 11.3. The molecule has 0 spiro atoms. The second kappa shape index (κ2) is 5.02. The first kappa shape index (κ1) is 11.8. The van der Waals surface area contributed by atoms with Crippen LogP contribution in [0, 0.1) is 0 Å². The van der Waals surface area contributed by atoms with Crippen LogP contribution in [0.5, 0.6) is 0 Å². The molecule has 3 N–H and O–H groups in total. The van der Waals surface area contributed by atoms with Crippen LogP contribution in [0.2, 0.25) is 0 Å². The standard InChI is InChI=1S/C10H16N2O2S/c1-2-15(13,14)8-7-12-10-6-4-3-5-9(10)11/h3-6,12H,2,7-8,11H2,1H3. The van der Waals surface area contributed by atoms with Crippen LogP contribution in [0.15, 0.2) is 24.3 Å². The molecule has 0 saturated heterocycles. The molecule has 0 amide bonds. The monoisotopic (exact) mass is 228 g/mol. The molecular formula is C10H16N2O2S. The quantitative estimate of drug-likeness (QED) is 0.741. The smallest absolute Gasteiger partial charge is 0.151 e. The zero-order chi connectivity index (χ0) is 11.3. The minimum absolute atomic E-state index is 0.137. The fraction of sp³-hybridized carbons (Fsp3) is 0.400. The largest absolute Gasteiger partial charge is 0.397 e. The Morgan fingerprint density at radius 2 is 2.00 bits per heavy atom. The highest BCUT2D eigenvalue weighted by Gasteiger charge is 2.06. The van der Waals surface area contributed by atoms with Gasteiger partial charge < -0.3 is 11.1 Å². The first-order valence-corrected chi connectivity index (χ1v) is 6.66. The van der Waals surface area contributed by atoms with Gasteiger partial charge in [-0.15, -0.1) is 0 Å².